The molecule has 1 N–H and O–H groups in total. The third kappa shape index (κ3) is 4.34. The highest BCUT2D eigenvalue weighted by molar-refractivity contribution is 7.80. The molecule has 1 fully saturated rings. The molecule has 2 aromatic rings. The van der Waals surface area contributed by atoms with Gasteiger partial charge in [0.15, 0.2) is 5.11 Å². The van der Waals surface area contributed by atoms with Crippen LogP contribution in [0.3, 0.4) is 0 Å². The highest BCUT2D eigenvalue weighted by atomic mass is 32.1. The summed E-state index contributed by atoms with van der Waals surface area (Å²) in [6.45, 7) is 9.29. The van der Waals surface area contributed by atoms with Crippen molar-refractivity contribution in [3.63, 3.8) is 0 Å². The van der Waals surface area contributed by atoms with Gasteiger partial charge in [0, 0.05) is 38.4 Å². The van der Waals surface area contributed by atoms with Gasteiger partial charge < -0.3 is 10.2 Å². The molecule has 0 bridgehead atoms. The Balaban J connectivity index is 1.50. The van der Waals surface area contributed by atoms with E-state index in [-0.39, 0.29) is 0 Å². The predicted octanol–water partition coefficient (Wildman–Crippen LogP) is 3.82. The van der Waals surface area contributed by atoms with Gasteiger partial charge in [0.2, 0.25) is 0 Å². The Morgan fingerprint density at radius 2 is 1.62 bits per heavy atom. The van der Waals surface area contributed by atoms with E-state index in [1.54, 1.807) is 0 Å². The molecule has 1 aliphatic heterocycles. The predicted molar refractivity (Wildman–Crippen MR) is 105 cm³/mol. The molecule has 0 saturated carbocycles. The van der Waals surface area contributed by atoms with E-state index < -0.39 is 0 Å². The van der Waals surface area contributed by atoms with Crippen LogP contribution in [0.4, 0.5) is 5.69 Å². The molecule has 1 heterocycles. The third-order valence-corrected chi connectivity index (χ3v) is 4.93. The Morgan fingerprint density at radius 3 is 2.29 bits per heavy atom. The van der Waals surface area contributed by atoms with Crippen LogP contribution >= 0.6 is 12.2 Å². The van der Waals surface area contributed by atoms with E-state index in [4.69, 9.17) is 12.2 Å². The van der Waals surface area contributed by atoms with Crippen molar-refractivity contribution in [2.75, 3.05) is 31.5 Å². The Bertz CT molecular complexity index is 688. The Labute approximate surface area is 150 Å². The molecule has 0 atom stereocenters. The molecular formula is C20H25N3S. The van der Waals surface area contributed by atoms with Crippen LogP contribution in [0.1, 0.15) is 16.7 Å². The van der Waals surface area contributed by atoms with Gasteiger partial charge >= 0.3 is 0 Å². The van der Waals surface area contributed by atoms with Gasteiger partial charge in [0.1, 0.15) is 0 Å². The summed E-state index contributed by atoms with van der Waals surface area (Å²) in [5, 5.41) is 4.22. The molecule has 0 spiro atoms. The van der Waals surface area contributed by atoms with Crippen molar-refractivity contribution in [3.8, 4) is 0 Å². The fourth-order valence-electron chi connectivity index (χ4n) is 2.97. The Hall–Kier alpha value is -1.91. The van der Waals surface area contributed by atoms with Gasteiger partial charge in [0.05, 0.1) is 0 Å². The minimum Gasteiger partial charge on any atom is -0.346 e. The molecule has 0 aliphatic carbocycles. The maximum atomic E-state index is 5.59. The van der Waals surface area contributed by atoms with Crippen molar-refractivity contribution in [2.45, 2.75) is 20.4 Å². The van der Waals surface area contributed by atoms with Gasteiger partial charge in [-0.25, -0.2) is 0 Å². The molecule has 0 aromatic heterocycles. The first-order valence-corrected chi connectivity index (χ1v) is 8.92. The summed E-state index contributed by atoms with van der Waals surface area (Å²) in [6.07, 6.45) is 0. The molecule has 3 nitrogen and oxygen atoms in total. The average molecular weight is 340 g/mol. The SMILES string of the molecule is Cc1ccc(CN2CCN(C(=S)Nc3ccccc3C)CC2)cc1. The first-order valence-electron chi connectivity index (χ1n) is 8.51. The number of anilines is 1. The van der Waals surface area contributed by atoms with Crippen LogP contribution in [0.2, 0.25) is 0 Å². The lowest BCUT2D eigenvalue weighted by Crippen LogP contribution is -2.49. The summed E-state index contributed by atoms with van der Waals surface area (Å²) in [7, 11) is 0. The average Bonchev–Trinajstić information content (AvgIpc) is 2.59. The molecule has 0 radical (unpaired) electrons. The van der Waals surface area contributed by atoms with Gasteiger partial charge in [-0.15, -0.1) is 0 Å². The molecule has 4 heteroatoms. The summed E-state index contributed by atoms with van der Waals surface area (Å²) in [6, 6.07) is 17.1. The zero-order valence-electron chi connectivity index (χ0n) is 14.5. The molecule has 3 rings (SSSR count). The number of hydrogen-bond acceptors (Lipinski definition) is 2. The van der Waals surface area contributed by atoms with Crippen molar-refractivity contribution in [1.29, 1.82) is 0 Å². The first kappa shape index (κ1) is 16.9. The first-order chi connectivity index (χ1) is 11.6. The zero-order chi connectivity index (χ0) is 16.9. The maximum absolute atomic E-state index is 5.59. The number of nitrogens with zero attached hydrogens (tertiary/aromatic N) is 2. The lowest BCUT2D eigenvalue weighted by molar-refractivity contribution is 0.177. The normalized spacial score (nSPS) is 15.3. The van der Waals surface area contributed by atoms with Crippen LogP contribution in [0.15, 0.2) is 48.5 Å². The van der Waals surface area contributed by atoms with E-state index in [0.29, 0.717) is 0 Å². The van der Waals surface area contributed by atoms with E-state index in [9.17, 15) is 0 Å². The van der Waals surface area contributed by atoms with Crippen LogP contribution in [0.5, 0.6) is 0 Å². The molecule has 24 heavy (non-hydrogen) atoms. The molecule has 126 valence electrons. The van der Waals surface area contributed by atoms with Gasteiger partial charge in [-0.3, -0.25) is 4.90 Å². The molecule has 0 amide bonds. The topological polar surface area (TPSA) is 18.5 Å². The Morgan fingerprint density at radius 1 is 0.958 bits per heavy atom. The fourth-order valence-corrected chi connectivity index (χ4v) is 3.26. The second kappa shape index (κ2) is 7.77. The Kier molecular flexibility index (Phi) is 5.48. The standard InChI is InChI=1S/C20H25N3S/c1-16-7-9-18(10-8-16)15-22-11-13-23(14-12-22)20(24)21-19-6-4-3-5-17(19)2/h3-10H,11-15H2,1-2H3,(H,21,24). The summed E-state index contributed by atoms with van der Waals surface area (Å²) < 4.78 is 0. The summed E-state index contributed by atoms with van der Waals surface area (Å²) in [4.78, 5) is 4.77. The molecule has 1 saturated heterocycles. The van der Waals surface area contributed by atoms with E-state index in [1.807, 2.05) is 12.1 Å². The van der Waals surface area contributed by atoms with E-state index >= 15 is 0 Å². The lowest BCUT2D eigenvalue weighted by atomic mass is 10.1. The smallest absolute Gasteiger partial charge is 0.173 e. The van der Waals surface area contributed by atoms with E-state index in [2.05, 4.69) is 65.4 Å². The minimum atomic E-state index is 0.833. The van der Waals surface area contributed by atoms with Crippen molar-refractivity contribution < 1.29 is 0 Å². The van der Waals surface area contributed by atoms with Gasteiger partial charge in [-0.05, 0) is 43.3 Å². The minimum absolute atomic E-state index is 0.833. The maximum Gasteiger partial charge on any atom is 0.173 e. The van der Waals surface area contributed by atoms with Crippen LogP contribution in [0, 0.1) is 13.8 Å². The highest BCUT2D eigenvalue weighted by Gasteiger charge is 2.19. The van der Waals surface area contributed by atoms with Crippen molar-refractivity contribution in [1.82, 2.24) is 9.80 Å². The monoisotopic (exact) mass is 339 g/mol. The summed E-state index contributed by atoms with van der Waals surface area (Å²) in [5.41, 5.74) is 5.02. The zero-order valence-corrected chi connectivity index (χ0v) is 15.3. The lowest BCUT2D eigenvalue weighted by Gasteiger charge is -2.36. The number of nitrogens with one attached hydrogen (secondary N) is 1. The summed E-state index contributed by atoms with van der Waals surface area (Å²) >= 11 is 5.59. The molecule has 0 unspecified atom stereocenters. The molecular weight excluding hydrogens is 314 g/mol. The molecule has 1 aliphatic rings. The number of rotatable bonds is 3. The van der Waals surface area contributed by atoms with Gasteiger partial charge in [-0.1, -0.05) is 48.0 Å². The highest BCUT2D eigenvalue weighted by Crippen LogP contribution is 2.15. The molecule has 2 aromatic carbocycles. The van der Waals surface area contributed by atoms with Gasteiger partial charge in [-0.2, -0.15) is 0 Å². The third-order valence-electron chi connectivity index (χ3n) is 4.57. The number of piperazine rings is 1. The summed E-state index contributed by atoms with van der Waals surface area (Å²) in [5.74, 6) is 0. The van der Waals surface area contributed by atoms with Crippen molar-refractivity contribution in [3.05, 3.63) is 65.2 Å². The number of benzene rings is 2. The number of thiocarbonyl (C=S) groups is 1. The number of para-hydroxylation sites is 1. The van der Waals surface area contributed by atoms with Gasteiger partial charge in [0.25, 0.3) is 0 Å². The van der Waals surface area contributed by atoms with E-state index in [1.165, 1.54) is 16.7 Å². The van der Waals surface area contributed by atoms with E-state index in [0.717, 1.165) is 43.5 Å². The number of aryl methyl sites for hydroxylation is 2. The van der Waals surface area contributed by atoms with Crippen molar-refractivity contribution >= 4 is 23.0 Å². The fraction of sp³-hybridized carbons (Fsp3) is 0.350. The van der Waals surface area contributed by atoms with Crippen LogP contribution < -0.4 is 5.32 Å². The van der Waals surface area contributed by atoms with Crippen molar-refractivity contribution in [2.24, 2.45) is 0 Å². The van der Waals surface area contributed by atoms with Crippen LogP contribution in [-0.4, -0.2) is 41.1 Å². The largest absolute Gasteiger partial charge is 0.346 e. The number of hydrogen-bond donors (Lipinski definition) is 1. The van der Waals surface area contributed by atoms with Crippen LogP contribution in [0.25, 0.3) is 0 Å². The second-order valence-electron chi connectivity index (χ2n) is 6.49. The van der Waals surface area contributed by atoms with Crippen LogP contribution in [-0.2, 0) is 6.54 Å². The second-order valence-corrected chi connectivity index (χ2v) is 6.88. The quantitative estimate of drug-likeness (QED) is 0.857.